The fourth-order valence-electron chi connectivity index (χ4n) is 2.99. The van der Waals surface area contributed by atoms with Gasteiger partial charge in [-0.15, -0.1) is 0 Å². The first-order chi connectivity index (χ1) is 11.3. The second-order valence-corrected chi connectivity index (χ2v) is 6.05. The number of benzene rings is 4. The molecule has 0 aromatic heterocycles. The van der Waals surface area contributed by atoms with Crippen LogP contribution in [0.3, 0.4) is 0 Å². The van der Waals surface area contributed by atoms with Crippen LogP contribution in [0.25, 0.3) is 33.0 Å². The van der Waals surface area contributed by atoms with Crippen LogP contribution in [0.1, 0.15) is 0 Å². The second kappa shape index (κ2) is 5.91. The monoisotopic (exact) mass is 314 g/mol. The van der Waals surface area contributed by atoms with Gasteiger partial charge in [-0.2, -0.15) is 0 Å². The molecule has 0 bridgehead atoms. The highest BCUT2D eigenvalue weighted by Gasteiger charge is 2.06. The summed E-state index contributed by atoms with van der Waals surface area (Å²) in [5.41, 5.74) is 4.81. The van der Waals surface area contributed by atoms with E-state index in [1.165, 1.54) is 33.0 Å². The van der Waals surface area contributed by atoms with Crippen LogP contribution in [0.2, 0.25) is 5.02 Å². The Balaban J connectivity index is 1.83. The molecule has 110 valence electrons. The maximum absolute atomic E-state index is 6.30. The van der Waals surface area contributed by atoms with Gasteiger partial charge in [-0.1, -0.05) is 90.5 Å². The van der Waals surface area contributed by atoms with Crippen LogP contribution in [0.5, 0.6) is 0 Å². The first-order valence-electron chi connectivity index (χ1n) is 7.65. The number of halogens is 1. The zero-order chi connectivity index (χ0) is 15.6. The smallest absolute Gasteiger partial charge is 0.0418 e. The van der Waals surface area contributed by atoms with Crippen LogP contribution in [0.4, 0.5) is 0 Å². The third-order valence-electron chi connectivity index (χ3n) is 4.13. The molecule has 0 atom stereocenters. The Hall–Kier alpha value is -2.57. The van der Waals surface area contributed by atoms with E-state index in [1.807, 2.05) is 24.3 Å². The van der Waals surface area contributed by atoms with E-state index in [0.29, 0.717) is 0 Å². The molecule has 0 radical (unpaired) electrons. The summed E-state index contributed by atoms with van der Waals surface area (Å²) in [5, 5.41) is 3.16. The van der Waals surface area contributed by atoms with Crippen molar-refractivity contribution < 1.29 is 0 Å². The molecule has 0 saturated carbocycles. The third kappa shape index (κ3) is 2.74. The van der Waals surface area contributed by atoms with E-state index in [1.54, 1.807) is 0 Å². The van der Waals surface area contributed by atoms with Crippen LogP contribution in [0, 0.1) is 0 Å². The minimum Gasteiger partial charge on any atom is -0.0843 e. The molecule has 0 unspecified atom stereocenters. The van der Waals surface area contributed by atoms with Gasteiger partial charge in [-0.05, 0) is 45.2 Å². The predicted molar refractivity (Wildman–Crippen MR) is 99.8 cm³/mol. The Bertz CT molecular complexity index is 954. The molecule has 1 heteroatoms. The van der Waals surface area contributed by atoms with Crippen molar-refractivity contribution in [2.45, 2.75) is 0 Å². The summed E-state index contributed by atoms with van der Waals surface area (Å²) in [5.74, 6) is 0. The minimum atomic E-state index is 0.769. The van der Waals surface area contributed by atoms with Crippen LogP contribution < -0.4 is 0 Å². The summed E-state index contributed by atoms with van der Waals surface area (Å²) in [6.45, 7) is 0. The third-order valence-corrected chi connectivity index (χ3v) is 4.35. The van der Waals surface area contributed by atoms with Crippen molar-refractivity contribution in [1.82, 2.24) is 0 Å². The van der Waals surface area contributed by atoms with Gasteiger partial charge in [0.2, 0.25) is 0 Å². The van der Waals surface area contributed by atoms with E-state index in [2.05, 4.69) is 66.7 Å². The van der Waals surface area contributed by atoms with Crippen molar-refractivity contribution >= 4 is 22.4 Å². The van der Waals surface area contributed by atoms with E-state index in [-0.39, 0.29) is 0 Å². The molecular weight excluding hydrogens is 300 g/mol. The van der Waals surface area contributed by atoms with Crippen LogP contribution in [0.15, 0.2) is 91.0 Å². The van der Waals surface area contributed by atoms with E-state index in [0.717, 1.165) is 5.02 Å². The van der Waals surface area contributed by atoms with Crippen molar-refractivity contribution in [2.24, 2.45) is 0 Å². The summed E-state index contributed by atoms with van der Waals surface area (Å²) < 4.78 is 0. The molecule has 0 N–H and O–H groups in total. The largest absolute Gasteiger partial charge is 0.0843 e. The lowest BCUT2D eigenvalue weighted by Gasteiger charge is -2.09. The number of rotatable bonds is 2. The summed E-state index contributed by atoms with van der Waals surface area (Å²) in [6.07, 6.45) is 0. The first kappa shape index (κ1) is 14.0. The number of fused-ring (bicyclic) bond motifs is 1. The summed E-state index contributed by atoms with van der Waals surface area (Å²) in [7, 11) is 0. The summed E-state index contributed by atoms with van der Waals surface area (Å²) in [4.78, 5) is 0. The fourth-order valence-corrected chi connectivity index (χ4v) is 3.21. The average molecular weight is 315 g/mol. The molecule has 0 amide bonds. The topological polar surface area (TPSA) is 0 Å². The standard InChI is InChI=1S/C22H15Cl/c23-20-14-19-8-4-5-9-21(19)22(15-20)18-12-10-17(11-13-18)16-6-2-1-3-7-16/h1-15H. The molecule has 0 heterocycles. The molecule has 0 aliphatic heterocycles. The highest BCUT2D eigenvalue weighted by Crippen LogP contribution is 2.33. The van der Waals surface area contributed by atoms with Gasteiger partial charge in [0, 0.05) is 5.02 Å². The first-order valence-corrected chi connectivity index (χ1v) is 8.03. The maximum Gasteiger partial charge on any atom is 0.0418 e. The van der Waals surface area contributed by atoms with Gasteiger partial charge in [0.05, 0.1) is 0 Å². The molecule has 0 spiro atoms. The Kier molecular flexibility index (Phi) is 3.61. The lowest BCUT2D eigenvalue weighted by atomic mass is 9.96. The van der Waals surface area contributed by atoms with Crippen molar-refractivity contribution in [3.63, 3.8) is 0 Å². The molecule has 0 saturated heterocycles. The van der Waals surface area contributed by atoms with Crippen molar-refractivity contribution in [3.8, 4) is 22.3 Å². The van der Waals surface area contributed by atoms with Crippen molar-refractivity contribution in [2.75, 3.05) is 0 Å². The summed E-state index contributed by atoms with van der Waals surface area (Å²) >= 11 is 6.30. The van der Waals surface area contributed by atoms with Gasteiger partial charge in [-0.25, -0.2) is 0 Å². The predicted octanol–water partition coefficient (Wildman–Crippen LogP) is 6.83. The van der Waals surface area contributed by atoms with Gasteiger partial charge < -0.3 is 0 Å². The Morgan fingerprint density at radius 3 is 1.91 bits per heavy atom. The minimum absolute atomic E-state index is 0.769. The quantitative estimate of drug-likeness (QED) is 0.380. The highest BCUT2D eigenvalue weighted by atomic mass is 35.5. The van der Waals surface area contributed by atoms with Crippen LogP contribution >= 0.6 is 11.6 Å². The van der Waals surface area contributed by atoms with Gasteiger partial charge in [0.25, 0.3) is 0 Å². The van der Waals surface area contributed by atoms with Crippen molar-refractivity contribution in [3.05, 3.63) is 96.0 Å². The number of hydrogen-bond acceptors (Lipinski definition) is 0. The van der Waals surface area contributed by atoms with Crippen molar-refractivity contribution in [1.29, 1.82) is 0 Å². The fraction of sp³-hybridized carbons (Fsp3) is 0. The Morgan fingerprint density at radius 1 is 0.522 bits per heavy atom. The van der Waals surface area contributed by atoms with E-state index >= 15 is 0 Å². The van der Waals surface area contributed by atoms with Gasteiger partial charge in [-0.3, -0.25) is 0 Å². The maximum atomic E-state index is 6.30. The normalized spacial score (nSPS) is 10.8. The Morgan fingerprint density at radius 2 is 1.13 bits per heavy atom. The van der Waals surface area contributed by atoms with E-state index in [9.17, 15) is 0 Å². The van der Waals surface area contributed by atoms with Gasteiger partial charge in [0.1, 0.15) is 0 Å². The molecule has 0 aliphatic carbocycles. The zero-order valence-corrected chi connectivity index (χ0v) is 13.3. The molecule has 4 aromatic rings. The summed E-state index contributed by atoms with van der Waals surface area (Å²) in [6, 6.07) is 31.5. The van der Waals surface area contributed by atoms with E-state index < -0.39 is 0 Å². The molecule has 0 nitrogen and oxygen atoms in total. The molecule has 4 rings (SSSR count). The molecule has 4 aromatic carbocycles. The average Bonchev–Trinajstić information content (AvgIpc) is 2.62. The molecule has 0 aliphatic rings. The number of hydrogen-bond donors (Lipinski definition) is 0. The lowest BCUT2D eigenvalue weighted by Crippen LogP contribution is -1.83. The highest BCUT2D eigenvalue weighted by molar-refractivity contribution is 6.32. The second-order valence-electron chi connectivity index (χ2n) is 5.62. The van der Waals surface area contributed by atoms with Crippen LogP contribution in [-0.4, -0.2) is 0 Å². The Labute approximate surface area is 141 Å². The van der Waals surface area contributed by atoms with Crippen LogP contribution in [-0.2, 0) is 0 Å². The van der Waals surface area contributed by atoms with Gasteiger partial charge in [0.15, 0.2) is 0 Å². The lowest BCUT2D eigenvalue weighted by molar-refractivity contribution is 1.60. The zero-order valence-electron chi connectivity index (χ0n) is 12.5. The SMILES string of the molecule is Clc1cc(-c2ccc(-c3ccccc3)cc2)c2ccccc2c1. The molecule has 23 heavy (non-hydrogen) atoms. The van der Waals surface area contributed by atoms with E-state index in [4.69, 9.17) is 11.6 Å². The van der Waals surface area contributed by atoms with Gasteiger partial charge >= 0.3 is 0 Å². The molecular formula is C22H15Cl. The molecule has 0 fully saturated rings.